The van der Waals surface area contributed by atoms with Crippen molar-refractivity contribution >= 4 is 44.5 Å². The van der Waals surface area contributed by atoms with Crippen LogP contribution < -0.4 is 5.32 Å². The fraction of sp³-hybridized carbons (Fsp3) is 0.400. The first-order chi connectivity index (χ1) is 18.8. The molecule has 1 N–H and O–H groups in total. The van der Waals surface area contributed by atoms with Gasteiger partial charge in [-0.25, -0.2) is 8.78 Å². The molecule has 2 aliphatic carbocycles. The molecule has 0 bridgehead atoms. The SMILES string of the molecule is CNC1CCC(N(CC2=CC(c3ccc(C)nc3)=CCC2OC)C(=O)c2sc3c(F)ccc(F)c3c2Cl)CC1. The number of aryl methyl sites for hydroxylation is 1. The number of rotatable bonds is 7. The van der Waals surface area contributed by atoms with E-state index in [0.29, 0.717) is 19.0 Å². The number of allylic oxidation sites excluding steroid dienone is 2. The molecule has 1 amide bonds. The van der Waals surface area contributed by atoms with Crippen LogP contribution in [0.5, 0.6) is 0 Å². The predicted molar refractivity (Wildman–Crippen MR) is 153 cm³/mol. The third-order valence-electron chi connectivity index (χ3n) is 7.87. The van der Waals surface area contributed by atoms with Crippen molar-refractivity contribution in [3.63, 3.8) is 0 Å². The molecule has 1 atom stereocenters. The number of methoxy groups -OCH3 is 1. The van der Waals surface area contributed by atoms with Crippen LogP contribution in [0, 0.1) is 18.6 Å². The van der Waals surface area contributed by atoms with E-state index in [1.165, 1.54) is 0 Å². The molecule has 1 unspecified atom stereocenters. The van der Waals surface area contributed by atoms with Gasteiger partial charge in [-0.3, -0.25) is 9.78 Å². The first-order valence-electron chi connectivity index (χ1n) is 13.2. The van der Waals surface area contributed by atoms with E-state index < -0.39 is 11.6 Å². The summed E-state index contributed by atoms with van der Waals surface area (Å²) in [6, 6.07) is 6.50. The minimum Gasteiger partial charge on any atom is -0.377 e. The van der Waals surface area contributed by atoms with E-state index in [2.05, 4.69) is 22.5 Å². The van der Waals surface area contributed by atoms with Gasteiger partial charge in [0.1, 0.15) is 16.5 Å². The lowest BCUT2D eigenvalue weighted by Crippen LogP contribution is -2.46. The molecule has 5 rings (SSSR count). The number of thiophene rings is 1. The number of nitrogens with one attached hydrogen (secondary N) is 1. The average Bonchev–Trinajstić information content (AvgIpc) is 3.32. The number of fused-ring (bicyclic) bond motifs is 1. The van der Waals surface area contributed by atoms with E-state index in [0.717, 1.165) is 71.6 Å². The highest BCUT2D eigenvalue weighted by atomic mass is 35.5. The van der Waals surface area contributed by atoms with Gasteiger partial charge in [-0.05, 0) is 81.0 Å². The van der Waals surface area contributed by atoms with Crippen molar-refractivity contribution in [1.82, 2.24) is 15.2 Å². The number of pyridine rings is 1. The third-order valence-corrected chi connectivity index (χ3v) is 9.55. The number of benzene rings is 1. The van der Waals surface area contributed by atoms with Gasteiger partial charge in [0.05, 0.1) is 21.2 Å². The van der Waals surface area contributed by atoms with Gasteiger partial charge in [-0.15, -0.1) is 11.3 Å². The second kappa shape index (κ2) is 11.8. The highest BCUT2D eigenvalue weighted by Gasteiger charge is 2.34. The third kappa shape index (κ3) is 5.66. The molecule has 0 saturated heterocycles. The van der Waals surface area contributed by atoms with E-state index in [-0.39, 0.29) is 38.0 Å². The van der Waals surface area contributed by atoms with Crippen molar-refractivity contribution in [2.45, 2.75) is 57.2 Å². The highest BCUT2D eigenvalue weighted by Crippen LogP contribution is 2.40. The quantitative estimate of drug-likeness (QED) is 0.334. The van der Waals surface area contributed by atoms with E-state index >= 15 is 0 Å². The monoisotopic (exact) mass is 571 g/mol. The van der Waals surface area contributed by atoms with E-state index in [1.54, 1.807) is 7.11 Å². The van der Waals surface area contributed by atoms with Crippen molar-refractivity contribution in [2.24, 2.45) is 0 Å². The molecule has 1 saturated carbocycles. The molecule has 206 valence electrons. The first kappa shape index (κ1) is 27.9. The molecule has 1 fully saturated rings. The van der Waals surface area contributed by atoms with Crippen LogP contribution in [0.15, 0.2) is 48.2 Å². The Morgan fingerprint density at radius 2 is 1.92 bits per heavy atom. The number of hydrogen-bond acceptors (Lipinski definition) is 5. The van der Waals surface area contributed by atoms with Gasteiger partial charge in [0.2, 0.25) is 0 Å². The normalized spacial score (nSPS) is 21.5. The van der Waals surface area contributed by atoms with E-state index in [4.69, 9.17) is 16.3 Å². The summed E-state index contributed by atoms with van der Waals surface area (Å²) in [6.45, 7) is 2.28. The van der Waals surface area contributed by atoms with Crippen LogP contribution in [0.2, 0.25) is 5.02 Å². The second-order valence-corrected chi connectivity index (χ2v) is 11.6. The zero-order valence-electron chi connectivity index (χ0n) is 22.3. The Bertz CT molecular complexity index is 1430. The zero-order valence-corrected chi connectivity index (χ0v) is 23.8. The number of carbonyl (C=O) groups excluding carboxylic acids is 1. The van der Waals surface area contributed by atoms with Crippen LogP contribution in [0.3, 0.4) is 0 Å². The fourth-order valence-corrected chi connectivity index (χ4v) is 7.08. The molecular weight excluding hydrogens is 540 g/mol. The van der Waals surface area contributed by atoms with E-state index in [1.807, 2.05) is 37.2 Å². The van der Waals surface area contributed by atoms with E-state index in [9.17, 15) is 13.6 Å². The van der Waals surface area contributed by atoms with Crippen LogP contribution >= 0.6 is 22.9 Å². The minimum absolute atomic E-state index is 0.0295. The molecule has 9 heteroatoms. The number of aromatic nitrogens is 1. The molecule has 2 aromatic heterocycles. The smallest absolute Gasteiger partial charge is 0.266 e. The maximum absolute atomic E-state index is 14.6. The number of ether oxygens (including phenoxy) is 1. The lowest BCUT2D eigenvalue weighted by molar-refractivity contribution is 0.0615. The van der Waals surface area contributed by atoms with Crippen molar-refractivity contribution in [1.29, 1.82) is 0 Å². The summed E-state index contributed by atoms with van der Waals surface area (Å²) >= 11 is 7.48. The average molecular weight is 572 g/mol. The Morgan fingerprint density at radius 3 is 2.56 bits per heavy atom. The molecule has 5 nitrogen and oxygen atoms in total. The van der Waals surface area contributed by atoms with Crippen LogP contribution in [0.1, 0.15) is 53.0 Å². The number of carbonyl (C=O) groups is 1. The van der Waals surface area contributed by atoms with Gasteiger partial charge in [0.15, 0.2) is 0 Å². The predicted octanol–water partition coefficient (Wildman–Crippen LogP) is 6.94. The fourth-order valence-electron chi connectivity index (χ4n) is 5.58. The molecule has 0 radical (unpaired) electrons. The lowest BCUT2D eigenvalue weighted by atomic mass is 9.88. The van der Waals surface area contributed by atoms with Crippen LogP contribution in [-0.4, -0.2) is 54.7 Å². The summed E-state index contributed by atoms with van der Waals surface area (Å²) in [5.74, 6) is -1.53. The van der Waals surface area contributed by atoms with Gasteiger partial charge < -0.3 is 15.0 Å². The van der Waals surface area contributed by atoms with Gasteiger partial charge >= 0.3 is 0 Å². The van der Waals surface area contributed by atoms with Crippen molar-refractivity contribution in [3.05, 3.63) is 81.0 Å². The first-order valence-corrected chi connectivity index (χ1v) is 14.4. The van der Waals surface area contributed by atoms with Crippen LogP contribution in [-0.2, 0) is 4.74 Å². The highest BCUT2D eigenvalue weighted by molar-refractivity contribution is 7.21. The minimum atomic E-state index is -0.635. The van der Waals surface area contributed by atoms with Crippen molar-refractivity contribution in [2.75, 3.05) is 20.7 Å². The summed E-state index contributed by atoms with van der Waals surface area (Å²) in [5, 5.41) is 3.27. The van der Waals surface area contributed by atoms with Gasteiger partial charge in [0.25, 0.3) is 5.91 Å². The standard InChI is InChI=1S/C30H32ClF2N3O2S/c1-17-4-5-19(15-35-17)18-6-13-25(38-3)20(14-18)16-36(22-9-7-21(34-2)8-10-22)30(37)29-27(31)26-23(32)11-12-24(33)28(26)39-29/h4-6,11-12,14-15,21-22,25,34H,7-10,13,16H2,1-3H3. The molecule has 39 heavy (non-hydrogen) atoms. The van der Waals surface area contributed by atoms with Crippen LogP contribution in [0.4, 0.5) is 8.78 Å². The Morgan fingerprint density at radius 1 is 1.18 bits per heavy atom. The van der Waals surface area contributed by atoms with Gasteiger partial charge in [0, 0.05) is 37.6 Å². The van der Waals surface area contributed by atoms with Gasteiger partial charge in [-0.2, -0.15) is 0 Å². The molecular formula is C30H32ClF2N3O2S. The molecule has 1 aromatic carbocycles. The maximum atomic E-state index is 14.6. The molecule has 0 aliphatic heterocycles. The number of nitrogens with zero attached hydrogens (tertiary/aromatic N) is 2. The van der Waals surface area contributed by atoms with Crippen molar-refractivity contribution in [3.8, 4) is 0 Å². The Labute approximate surface area is 236 Å². The molecule has 2 aliphatic rings. The summed E-state index contributed by atoms with van der Waals surface area (Å²) in [6.07, 6.45) is 10.0. The zero-order chi connectivity index (χ0) is 27.7. The maximum Gasteiger partial charge on any atom is 0.266 e. The Hall–Kier alpha value is -2.65. The van der Waals surface area contributed by atoms with Gasteiger partial charge in [-0.1, -0.05) is 29.8 Å². The lowest BCUT2D eigenvalue weighted by Gasteiger charge is -2.38. The Kier molecular flexibility index (Phi) is 8.47. The number of amides is 1. The topological polar surface area (TPSA) is 54.5 Å². The second-order valence-electron chi connectivity index (χ2n) is 10.2. The Balaban J connectivity index is 1.52. The molecule has 3 aromatic rings. The molecule has 0 spiro atoms. The largest absolute Gasteiger partial charge is 0.377 e. The van der Waals surface area contributed by atoms with Crippen molar-refractivity contribution < 1.29 is 18.3 Å². The van der Waals surface area contributed by atoms with Crippen LogP contribution in [0.25, 0.3) is 15.7 Å². The summed E-state index contributed by atoms with van der Waals surface area (Å²) < 4.78 is 35.1. The summed E-state index contributed by atoms with van der Waals surface area (Å²) in [4.78, 5) is 20.6. The summed E-state index contributed by atoms with van der Waals surface area (Å²) in [7, 11) is 3.63. The molecule has 2 heterocycles. The number of halogens is 3. The number of hydrogen-bond donors (Lipinski definition) is 1. The summed E-state index contributed by atoms with van der Waals surface area (Å²) in [5.41, 5.74) is 3.94.